The van der Waals surface area contributed by atoms with Crippen LogP contribution < -0.4 is 10.1 Å². The first kappa shape index (κ1) is 22.3. The van der Waals surface area contributed by atoms with Gasteiger partial charge in [-0.3, -0.25) is 9.79 Å². The Hall–Kier alpha value is -2.36. The van der Waals surface area contributed by atoms with Gasteiger partial charge in [-0.15, -0.1) is 0 Å². The van der Waals surface area contributed by atoms with Crippen LogP contribution >= 0.6 is 11.8 Å². The number of benzene rings is 2. The van der Waals surface area contributed by atoms with Crippen LogP contribution in [-0.4, -0.2) is 49.8 Å². The lowest BCUT2D eigenvalue weighted by Crippen LogP contribution is -2.31. The Bertz CT molecular complexity index is 1020. The zero-order chi connectivity index (χ0) is 21.7. The number of amidine groups is 1. The minimum Gasteiger partial charge on any atom is -0.497 e. The Labute approximate surface area is 181 Å². The molecule has 0 spiro atoms. The van der Waals surface area contributed by atoms with Crippen LogP contribution in [0.1, 0.15) is 35.8 Å². The maximum atomic E-state index is 12.6. The average Bonchev–Trinajstić information content (AvgIpc) is 3.23. The summed E-state index contributed by atoms with van der Waals surface area (Å²) in [4.78, 5) is 17.3. The zero-order valence-electron chi connectivity index (χ0n) is 17.2. The molecule has 9 heteroatoms. The summed E-state index contributed by atoms with van der Waals surface area (Å²) in [6, 6.07) is 13.6. The molecular formula is C21H25N3O4S2. The van der Waals surface area contributed by atoms with Gasteiger partial charge in [0.25, 0.3) is 5.91 Å². The molecule has 0 radical (unpaired) electrons. The highest BCUT2D eigenvalue weighted by molar-refractivity contribution is 8.14. The van der Waals surface area contributed by atoms with Crippen LogP contribution in [0.25, 0.3) is 0 Å². The van der Waals surface area contributed by atoms with Crippen LogP contribution in [0.3, 0.4) is 0 Å². The SMILES string of the molecule is CCN(CC)S(=O)(=O)c1ccc(C(=O)NC2=NC(c3ccc(OC)cc3)CS2)cc1. The Kier molecular flexibility index (Phi) is 7.17. The van der Waals surface area contributed by atoms with E-state index < -0.39 is 10.0 Å². The van der Waals surface area contributed by atoms with Gasteiger partial charge < -0.3 is 10.1 Å². The van der Waals surface area contributed by atoms with Gasteiger partial charge in [-0.1, -0.05) is 37.7 Å². The van der Waals surface area contributed by atoms with Gasteiger partial charge in [-0.05, 0) is 42.0 Å². The van der Waals surface area contributed by atoms with Crippen molar-refractivity contribution in [1.29, 1.82) is 0 Å². The largest absolute Gasteiger partial charge is 0.497 e. The first-order valence-corrected chi connectivity index (χ1v) is 12.1. The molecule has 1 aliphatic heterocycles. The molecule has 1 atom stereocenters. The van der Waals surface area contributed by atoms with Crippen molar-refractivity contribution >= 4 is 32.9 Å². The molecule has 0 aliphatic carbocycles. The average molecular weight is 448 g/mol. The van der Waals surface area contributed by atoms with E-state index in [1.165, 1.54) is 40.3 Å². The van der Waals surface area contributed by atoms with Gasteiger partial charge in [0, 0.05) is 24.4 Å². The van der Waals surface area contributed by atoms with Crippen LogP contribution in [0.2, 0.25) is 0 Å². The molecule has 1 unspecified atom stereocenters. The van der Waals surface area contributed by atoms with Crippen LogP contribution in [0.4, 0.5) is 0 Å². The van der Waals surface area contributed by atoms with Crippen molar-refractivity contribution in [3.63, 3.8) is 0 Å². The van der Waals surface area contributed by atoms with Crippen molar-refractivity contribution in [2.24, 2.45) is 4.99 Å². The molecule has 0 aromatic heterocycles. The maximum Gasteiger partial charge on any atom is 0.257 e. The minimum atomic E-state index is -3.54. The van der Waals surface area contributed by atoms with Gasteiger partial charge in [0.15, 0.2) is 5.17 Å². The van der Waals surface area contributed by atoms with Crippen LogP contribution in [-0.2, 0) is 10.0 Å². The number of hydrogen-bond acceptors (Lipinski definition) is 6. The number of thioether (sulfide) groups is 1. The predicted octanol–water partition coefficient (Wildman–Crippen LogP) is 3.30. The lowest BCUT2D eigenvalue weighted by Gasteiger charge is -2.18. The molecule has 1 amide bonds. The van der Waals surface area contributed by atoms with E-state index in [0.717, 1.165) is 17.1 Å². The monoisotopic (exact) mass is 447 g/mol. The first-order chi connectivity index (χ1) is 14.4. The lowest BCUT2D eigenvalue weighted by molar-refractivity contribution is 0.0978. The van der Waals surface area contributed by atoms with E-state index in [0.29, 0.717) is 23.8 Å². The second-order valence-corrected chi connectivity index (χ2v) is 9.55. The van der Waals surface area contributed by atoms with Crippen molar-refractivity contribution in [3.05, 3.63) is 59.7 Å². The van der Waals surface area contributed by atoms with E-state index in [-0.39, 0.29) is 16.8 Å². The molecule has 160 valence electrons. The molecule has 2 aromatic carbocycles. The Morgan fingerprint density at radius 1 is 1.13 bits per heavy atom. The number of nitrogens with zero attached hydrogens (tertiary/aromatic N) is 2. The third-order valence-electron chi connectivity index (χ3n) is 4.83. The van der Waals surface area contributed by atoms with E-state index in [1.807, 2.05) is 24.3 Å². The van der Waals surface area contributed by atoms with Crippen molar-refractivity contribution in [3.8, 4) is 5.75 Å². The first-order valence-electron chi connectivity index (χ1n) is 9.65. The van der Waals surface area contributed by atoms with Gasteiger partial charge >= 0.3 is 0 Å². The molecule has 7 nitrogen and oxygen atoms in total. The summed E-state index contributed by atoms with van der Waals surface area (Å²) in [6.45, 7) is 4.38. The van der Waals surface area contributed by atoms with Crippen molar-refractivity contribution < 1.29 is 17.9 Å². The van der Waals surface area contributed by atoms with Crippen LogP contribution in [0, 0.1) is 0 Å². The molecule has 3 rings (SSSR count). The topological polar surface area (TPSA) is 88.1 Å². The lowest BCUT2D eigenvalue weighted by atomic mass is 10.1. The number of carbonyl (C=O) groups is 1. The normalized spacial score (nSPS) is 16.4. The Balaban J connectivity index is 1.67. The molecule has 2 aromatic rings. The smallest absolute Gasteiger partial charge is 0.257 e. The molecule has 0 fully saturated rings. The fourth-order valence-corrected chi connectivity index (χ4v) is 5.51. The highest BCUT2D eigenvalue weighted by atomic mass is 32.2. The molecular weight excluding hydrogens is 422 g/mol. The standard InChI is InChI=1S/C21H25N3O4S2/c1-4-24(5-2)30(26,27)18-12-8-16(9-13-18)20(25)23-21-22-19(14-29-21)15-6-10-17(28-3)11-7-15/h6-13,19H,4-5,14H2,1-3H3,(H,22,23,25). The number of amides is 1. The van der Waals surface area contributed by atoms with E-state index in [2.05, 4.69) is 10.3 Å². The molecule has 0 saturated heterocycles. The predicted molar refractivity (Wildman–Crippen MR) is 120 cm³/mol. The number of aliphatic imine (C=N–C) groups is 1. The molecule has 1 aliphatic rings. The number of carbonyl (C=O) groups excluding carboxylic acids is 1. The summed E-state index contributed by atoms with van der Waals surface area (Å²) in [5, 5.41) is 3.37. The summed E-state index contributed by atoms with van der Waals surface area (Å²) in [7, 11) is -1.92. The van der Waals surface area contributed by atoms with Gasteiger partial charge in [0.05, 0.1) is 18.0 Å². The van der Waals surface area contributed by atoms with E-state index in [4.69, 9.17) is 4.74 Å². The molecule has 1 heterocycles. The van der Waals surface area contributed by atoms with Crippen molar-refractivity contribution in [2.45, 2.75) is 24.8 Å². The number of ether oxygens (including phenoxy) is 1. The molecule has 30 heavy (non-hydrogen) atoms. The van der Waals surface area contributed by atoms with E-state index in [9.17, 15) is 13.2 Å². The number of hydrogen-bond donors (Lipinski definition) is 1. The van der Waals surface area contributed by atoms with Gasteiger partial charge in [-0.2, -0.15) is 4.31 Å². The fourth-order valence-electron chi connectivity index (χ4n) is 3.10. The Morgan fingerprint density at radius 3 is 2.33 bits per heavy atom. The third-order valence-corrected chi connectivity index (χ3v) is 7.86. The maximum absolute atomic E-state index is 12.6. The summed E-state index contributed by atoms with van der Waals surface area (Å²) < 4.78 is 31.7. The van der Waals surface area contributed by atoms with Crippen LogP contribution in [0.15, 0.2) is 58.4 Å². The highest BCUT2D eigenvalue weighted by Gasteiger charge is 2.24. The van der Waals surface area contributed by atoms with Gasteiger partial charge in [0.1, 0.15) is 5.75 Å². The molecule has 0 bridgehead atoms. The second-order valence-electron chi connectivity index (χ2n) is 6.60. The minimum absolute atomic E-state index is 0.0298. The molecule has 0 saturated carbocycles. The van der Waals surface area contributed by atoms with E-state index in [1.54, 1.807) is 21.0 Å². The van der Waals surface area contributed by atoms with Gasteiger partial charge in [0.2, 0.25) is 10.0 Å². The highest BCUT2D eigenvalue weighted by Crippen LogP contribution is 2.30. The number of rotatable bonds is 7. The summed E-state index contributed by atoms with van der Waals surface area (Å²) in [5.41, 5.74) is 1.43. The van der Waals surface area contributed by atoms with E-state index >= 15 is 0 Å². The summed E-state index contributed by atoms with van der Waals surface area (Å²) in [5.74, 6) is 1.21. The van der Waals surface area contributed by atoms with Crippen molar-refractivity contribution in [1.82, 2.24) is 9.62 Å². The number of sulfonamides is 1. The number of methoxy groups -OCH3 is 1. The van der Waals surface area contributed by atoms with Crippen molar-refractivity contribution in [2.75, 3.05) is 26.0 Å². The summed E-state index contributed by atoms with van der Waals surface area (Å²) in [6.07, 6.45) is 0. The third kappa shape index (κ3) is 4.85. The van der Waals surface area contributed by atoms with Crippen LogP contribution in [0.5, 0.6) is 5.75 Å². The quantitative estimate of drug-likeness (QED) is 0.704. The molecule has 1 N–H and O–H groups in total. The fraction of sp³-hybridized carbons (Fsp3) is 0.333. The summed E-state index contributed by atoms with van der Waals surface area (Å²) >= 11 is 1.48. The van der Waals surface area contributed by atoms with Gasteiger partial charge in [-0.25, -0.2) is 8.42 Å². The second kappa shape index (κ2) is 9.63. The number of nitrogens with one attached hydrogen (secondary N) is 1. The zero-order valence-corrected chi connectivity index (χ0v) is 18.8. The Morgan fingerprint density at radius 2 is 1.77 bits per heavy atom.